The number of ether oxygens (including phenoxy) is 2. The number of carbonyl (C=O) groups is 1. The molecule has 24 heavy (non-hydrogen) atoms. The lowest BCUT2D eigenvalue weighted by atomic mass is 10.0. The van der Waals surface area contributed by atoms with Crippen molar-refractivity contribution in [2.45, 2.75) is 0 Å². The van der Waals surface area contributed by atoms with Crippen LogP contribution in [0.5, 0.6) is 11.5 Å². The van der Waals surface area contributed by atoms with E-state index in [1.54, 1.807) is 21.3 Å². The number of urea groups is 1. The highest BCUT2D eigenvalue weighted by atomic mass is 32.1. The molecular formula is C17H17N3O3S. The van der Waals surface area contributed by atoms with Gasteiger partial charge in [-0.25, -0.2) is 9.78 Å². The quantitative estimate of drug-likeness (QED) is 0.757. The van der Waals surface area contributed by atoms with Crippen LogP contribution < -0.4 is 20.1 Å². The Morgan fingerprint density at radius 3 is 2.46 bits per heavy atom. The molecule has 0 aliphatic rings. The first-order chi connectivity index (χ1) is 11.6. The van der Waals surface area contributed by atoms with Gasteiger partial charge in [-0.1, -0.05) is 23.5 Å². The topological polar surface area (TPSA) is 72.5 Å². The lowest BCUT2D eigenvalue weighted by molar-refractivity contribution is 0.254. The average Bonchev–Trinajstić information content (AvgIpc) is 3.02. The van der Waals surface area contributed by atoms with Gasteiger partial charge >= 0.3 is 6.03 Å². The van der Waals surface area contributed by atoms with Crippen molar-refractivity contribution in [2.24, 2.45) is 0 Å². The lowest BCUT2D eigenvalue weighted by Crippen LogP contribution is -2.24. The van der Waals surface area contributed by atoms with Crippen LogP contribution in [0.2, 0.25) is 0 Å². The van der Waals surface area contributed by atoms with Gasteiger partial charge in [-0.3, -0.25) is 5.32 Å². The van der Waals surface area contributed by atoms with Crippen LogP contribution in [0.25, 0.3) is 21.3 Å². The molecule has 0 aliphatic carbocycles. The summed E-state index contributed by atoms with van der Waals surface area (Å²) in [7, 11) is 4.79. The summed E-state index contributed by atoms with van der Waals surface area (Å²) in [6.45, 7) is 0. The average molecular weight is 343 g/mol. The zero-order valence-electron chi connectivity index (χ0n) is 13.5. The number of nitrogens with one attached hydrogen (secondary N) is 2. The van der Waals surface area contributed by atoms with Gasteiger partial charge in [-0.05, 0) is 35.4 Å². The van der Waals surface area contributed by atoms with Crippen molar-refractivity contribution < 1.29 is 14.3 Å². The van der Waals surface area contributed by atoms with Crippen molar-refractivity contribution in [3.63, 3.8) is 0 Å². The number of anilines is 1. The van der Waals surface area contributed by atoms with Crippen molar-refractivity contribution in [1.82, 2.24) is 10.3 Å². The van der Waals surface area contributed by atoms with Gasteiger partial charge in [0.15, 0.2) is 16.6 Å². The van der Waals surface area contributed by atoms with Crippen molar-refractivity contribution in [3.8, 4) is 22.6 Å². The van der Waals surface area contributed by atoms with E-state index in [9.17, 15) is 4.79 Å². The number of thiazole rings is 1. The van der Waals surface area contributed by atoms with Crippen LogP contribution in [0.4, 0.5) is 9.93 Å². The number of amides is 2. The molecule has 0 bridgehead atoms. The molecule has 7 heteroatoms. The highest BCUT2D eigenvalue weighted by Gasteiger charge is 2.10. The second-order valence-electron chi connectivity index (χ2n) is 4.98. The summed E-state index contributed by atoms with van der Waals surface area (Å²) in [5.74, 6) is 1.36. The van der Waals surface area contributed by atoms with Gasteiger partial charge in [-0.2, -0.15) is 0 Å². The minimum atomic E-state index is -0.283. The van der Waals surface area contributed by atoms with Crippen LogP contribution in [-0.4, -0.2) is 32.3 Å². The highest BCUT2D eigenvalue weighted by molar-refractivity contribution is 7.22. The first-order valence-electron chi connectivity index (χ1n) is 7.26. The van der Waals surface area contributed by atoms with Gasteiger partial charge < -0.3 is 14.8 Å². The number of carbonyl (C=O) groups excluding carboxylic acids is 1. The molecular weight excluding hydrogens is 326 g/mol. The predicted octanol–water partition coefficient (Wildman–Crippen LogP) is 3.73. The molecule has 3 aromatic rings. The molecule has 0 saturated carbocycles. The van der Waals surface area contributed by atoms with E-state index in [2.05, 4.69) is 15.6 Å². The second kappa shape index (κ2) is 6.76. The molecule has 0 aliphatic heterocycles. The molecule has 1 aromatic heterocycles. The third kappa shape index (κ3) is 3.11. The third-order valence-electron chi connectivity index (χ3n) is 3.55. The summed E-state index contributed by atoms with van der Waals surface area (Å²) in [6, 6.07) is 11.5. The summed E-state index contributed by atoms with van der Waals surface area (Å²) >= 11 is 1.43. The first kappa shape index (κ1) is 16.1. The van der Waals surface area contributed by atoms with Crippen LogP contribution in [0.3, 0.4) is 0 Å². The fourth-order valence-corrected chi connectivity index (χ4v) is 3.18. The summed E-state index contributed by atoms with van der Waals surface area (Å²) in [4.78, 5) is 15.8. The molecule has 2 amide bonds. The number of aromatic nitrogens is 1. The van der Waals surface area contributed by atoms with E-state index in [0.29, 0.717) is 16.6 Å². The van der Waals surface area contributed by atoms with E-state index in [-0.39, 0.29) is 6.03 Å². The van der Waals surface area contributed by atoms with Crippen LogP contribution in [0.15, 0.2) is 36.4 Å². The highest BCUT2D eigenvalue weighted by Crippen LogP contribution is 2.34. The zero-order valence-corrected chi connectivity index (χ0v) is 14.4. The van der Waals surface area contributed by atoms with Crippen LogP contribution in [-0.2, 0) is 0 Å². The normalized spacial score (nSPS) is 10.5. The number of methoxy groups -OCH3 is 2. The maximum absolute atomic E-state index is 11.4. The molecule has 0 atom stereocenters. The van der Waals surface area contributed by atoms with E-state index in [0.717, 1.165) is 21.3 Å². The van der Waals surface area contributed by atoms with E-state index < -0.39 is 0 Å². The third-order valence-corrected chi connectivity index (χ3v) is 4.50. The van der Waals surface area contributed by atoms with Crippen molar-refractivity contribution in [2.75, 3.05) is 26.6 Å². The predicted molar refractivity (Wildman–Crippen MR) is 96.2 cm³/mol. The fraction of sp³-hybridized carbons (Fsp3) is 0.176. The SMILES string of the molecule is CNC(=O)Nc1nc2cc(-c3ccc(OC)c(OC)c3)ccc2s1. The van der Waals surface area contributed by atoms with E-state index >= 15 is 0 Å². The molecule has 2 N–H and O–H groups in total. The largest absolute Gasteiger partial charge is 0.493 e. The molecule has 6 nitrogen and oxygen atoms in total. The molecule has 0 fully saturated rings. The van der Waals surface area contributed by atoms with Crippen LogP contribution in [0, 0.1) is 0 Å². The fourth-order valence-electron chi connectivity index (χ4n) is 2.34. The van der Waals surface area contributed by atoms with Crippen molar-refractivity contribution in [3.05, 3.63) is 36.4 Å². The van der Waals surface area contributed by atoms with Gasteiger partial charge in [0.1, 0.15) is 0 Å². The maximum Gasteiger partial charge on any atom is 0.320 e. The summed E-state index contributed by atoms with van der Waals surface area (Å²) in [5, 5.41) is 5.77. The van der Waals surface area contributed by atoms with Gasteiger partial charge in [0, 0.05) is 7.05 Å². The zero-order chi connectivity index (χ0) is 17.1. The Kier molecular flexibility index (Phi) is 4.52. The van der Waals surface area contributed by atoms with Crippen LogP contribution >= 0.6 is 11.3 Å². The van der Waals surface area contributed by atoms with Gasteiger partial charge in [0.25, 0.3) is 0 Å². The molecule has 124 valence electrons. The van der Waals surface area contributed by atoms with Crippen molar-refractivity contribution in [1.29, 1.82) is 0 Å². The Bertz CT molecular complexity index is 892. The molecule has 1 heterocycles. The number of hydrogen-bond acceptors (Lipinski definition) is 5. The minimum Gasteiger partial charge on any atom is -0.493 e. The molecule has 2 aromatic carbocycles. The number of hydrogen-bond donors (Lipinski definition) is 2. The lowest BCUT2D eigenvalue weighted by Gasteiger charge is -2.09. The van der Waals surface area contributed by atoms with Crippen molar-refractivity contribution >= 4 is 32.7 Å². The smallest absolute Gasteiger partial charge is 0.320 e. The van der Waals surface area contributed by atoms with E-state index in [1.807, 2.05) is 36.4 Å². The molecule has 0 radical (unpaired) electrons. The molecule has 0 spiro atoms. The second-order valence-corrected chi connectivity index (χ2v) is 6.01. The Hall–Kier alpha value is -2.80. The monoisotopic (exact) mass is 343 g/mol. The first-order valence-corrected chi connectivity index (χ1v) is 8.08. The Balaban J connectivity index is 1.97. The standard InChI is InChI=1S/C17H17N3O3S/c1-18-16(21)20-17-19-12-8-10(5-7-15(12)24-17)11-4-6-13(22-2)14(9-11)23-3/h4-9H,1-3H3,(H2,18,19,20,21). The van der Waals surface area contributed by atoms with Gasteiger partial charge in [-0.15, -0.1) is 0 Å². The Labute approximate surface area is 143 Å². The molecule has 3 rings (SSSR count). The van der Waals surface area contributed by atoms with E-state index in [4.69, 9.17) is 9.47 Å². The molecule has 0 saturated heterocycles. The number of benzene rings is 2. The number of nitrogens with zero attached hydrogens (tertiary/aromatic N) is 1. The number of fused-ring (bicyclic) bond motifs is 1. The van der Waals surface area contributed by atoms with Crippen LogP contribution in [0.1, 0.15) is 0 Å². The Morgan fingerprint density at radius 1 is 1.04 bits per heavy atom. The maximum atomic E-state index is 11.4. The van der Waals surface area contributed by atoms with Gasteiger partial charge in [0.2, 0.25) is 0 Å². The summed E-state index contributed by atoms with van der Waals surface area (Å²) in [6.07, 6.45) is 0. The molecule has 0 unspecified atom stereocenters. The summed E-state index contributed by atoms with van der Waals surface area (Å²) in [5.41, 5.74) is 2.85. The summed E-state index contributed by atoms with van der Waals surface area (Å²) < 4.78 is 11.6. The Morgan fingerprint density at radius 2 is 1.75 bits per heavy atom. The number of rotatable bonds is 4. The van der Waals surface area contributed by atoms with Gasteiger partial charge in [0.05, 0.1) is 24.4 Å². The van der Waals surface area contributed by atoms with E-state index in [1.165, 1.54) is 11.3 Å². The minimum absolute atomic E-state index is 0.283.